The predicted octanol–water partition coefficient (Wildman–Crippen LogP) is 15.5. The van der Waals surface area contributed by atoms with Gasteiger partial charge in [-0.05, 0) is 91.8 Å². The molecule has 0 saturated carbocycles. The van der Waals surface area contributed by atoms with Crippen LogP contribution in [0.2, 0.25) is 0 Å². The van der Waals surface area contributed by atoms with Crippen molar-refractivity contribution in [3.05, 3.63) is 212 Å². The normalized spacial score (nSPS) is 11.6. The first-order valence-electron chi connectivity index (χ1n) is 19.2. The molecule has 262 valence electrons. The van der Waals surface area contributed by atoms with Gasteiger partial charge >= 0.3 is 0 Å². The minimum atomic E-state index is 0.918. The summed E-state index contributed by atoms with van der Waals surface area (Å²) in [4.78, 5) is 2.38. The summed E-state index contributed by atoms with van der Waals surface area (Å²) in [6, 6.07) is 76.4. The summed E-state index contributed by atoms with van der Waals surface area (Å²) in [7, 11) is 0. The molecule has 11 rings (SSSR count). The van der Waals surface area contributed by atoms with Gasteiger partial charge in [-0.3, -0.25) is 0 Å². The summed E-state index contributed by atoms with van der Waals surface area (Å²) >= 11 is 0. The highest BCUT2D eigenvalue weighted by atomic mass is 16.3. The van der Waals surface area contributed by atoms with Crippen molar-refractivity contribution >= 4 is 71.3 Å². The molecule has 10 aromatic carbocycles. The second kappa shape index (κ2) is 13.2. The summed E-state index contributed by atoms with van der Waals surface area (Å²) in [5.41, 5.74) is 12.2. The minimum Gasteiger partial charge on any atom is -0.455 e. The summed E-state index contributed by atoms with van der Waals surface area (Å²) in [6.07, 6.45) is 0. The lowest BCUT2D eigenvalue weighted by Crippen LogP contribution is -2.10. The van der Waals surface area contributed by atoms with Crippen molar-refractivity contribution in [2.45, 2.75) is 0 Å². The average Bonchev–Trinajstić information content (AvgIpc) is 3.66. The van der Waals surface area contributed by atoms with E-state index >= 15 is 0 Å². The molecule has 0 fully saturated rings. The molecule has 1 heterocycles. The van der Waals surface area contributed by atoms with Crippen LogP contribution in [0.25, 0.3) is 87.6 Å². The van der Waals surface area contributed by atoms with Crippen molar-refractivity contribution < 1.29 is 4.42 Å². The summed E-state index contributed by atoms with van der Waals surface area (Å²) in [5, 5.41) is 9.40. The molecule has 2 heteroatoms. The van der Waals surface area contributed by atoms with Crippen LogP contribution in [0.5, 0.6) is 0 Å². The van der Waals surface area contributed by atoms with Gasteiger partial charge in [0.1, 0.15) is 11.2 Å². The van der Waals surface area contributed by atoms with E-state index in [1.807, 2.05) is 0 Å². The van der Waals surface area contributed by atoms with E-state index in [1.165, 1.54) is 49.2 Å². The minimum absolute atomic E-state index is 0.918. The molecule has 0 aliphatic carbocycles. The zero-order valence-electron chi connectivity index (χ0n) is 30.6. The van der Waals surface area contributed by atoms with Gasteiger partial charge in [0, 0.05) is 38.5 Å². The molecule has 0 spiro atoms. The van der Waals surface area contributed by atoms with E-state index in [2.05, 4.69) is 217 Å². The van der Waals surface area contributed by atoms with E-state index in [9.17, 15) is 0 Å². The van der Waals surface area contributed by atoms with Crippen LogP contribution in [0, 0.1) is 0 Å². The van der Waals surface area contributed by atoms with Crippen molar-refractivity contribution in [3.63, 3.8) is 0 Å². The molecule has 0 aliphatic rings. The first-order valence-corrected chi connectivity index (χ1v) is 19.2. The zero-order chi connectivity index (χ0) is 37.0. The van der Waals surface area contributed by atoms with E-state index in [0.717, 1.165) is 55.5 Å². The summed E-state index contributed by atoms with van der Waals surface area (Å²) in [6.45, 7) is 0. The topological polar surface area (TPSA) is 16.4 Å². The second-order valence-electron chi connectivity index (χ2n) is 14.5. The highest BCUT2D eigenvalue weighted by molar-refractivity contribution is 6.22. The smallest absolute Gasteiger partial charge is 0.143 e. The average molecular weight is 714 g/mol. The summed E-state index contributed by atoms with van der Waals surface area (Å²) < 4.78 is 6.83. The number of rotatable bonds is 6. The van der Waals surface area contributed by atoms with E-state index in [-0.39, 0.29) is 0 Å². The van der Waals surface area contributed by atoms with Crippen LogP contribution in [-0.4, -0.2) is 0 Å². The highest BCUT2D eigenvalue weighted by Gasteiger charge is 2.21. The number of fused-ring (bicyclic) bond motifs is 7. The fraction of sp³-hybridized carbons (Fsp3) is 0. The van der Waals surface area contributed by atoms with Gasteiger partial charge in [0.25, 0.3) is 0 Å². The molecule has 0 bridgehead atoms. The Morgan fingerprint density at radius 2 is 0.875 bits per heavy atom. The molecule has 0 N–H and O–H groups in total. The Labute approximate surface area is 325 Å². The van der Waals surface area contributed by atoms with Crippen molar-refractivity contribution in [1.29, 1.82) is 0 Å². The van der Waals surface area contributed by atoms with Gasteiger partial charge in [0.05, 0.1) is 5.69 Å². The third-order valence-corrected chi connectivity index (χ3v) is 11.2. The van der Waals surface area contributed by atoms with E-state index in [4.69, 9.17) is 4.42 Å². The van der Waals surface area contributed by atoms with Gasteiger partial charge in [-0.15, -0.1) is 0 Å². The van der Waals surface area contributed by atoms with Gasteiger partial charge < -0.3 is 9.32 Å². The molecular weight excluding hydrogens is 679 g/mol. The Balaban J connectivity index is 1.09. The first-order chi connectivity index (χ1) is 27.8. The molecular formula is C54H35NO. The van der Waals surface area contributed by atoms with Crippen molar-refractivity contribution in [1.82, 2.24) is 0 Å². The van der Waals surface area contributed by atoms with Gasteiger partial charge in [0.15, 0.2) is 0 Å². The molecule has 0 atom stereocenters. The Morgan fingerprint density at radius 1 is 0.286 bits per heavy atom. The third-order valence-electron chi connectivity index (χ3n) is 11.2. The number of hydrogen-bond acceptors (Lipinski definition) is 2. The predicted molar refractivity (Wildman–Crippen MR) is 237 cm³/mol. The Hall–Kier alpha value is -7.42. The van der Waals surface area contributed by atoms with Crippen LogP contribution in [0.4, 0.5) is 17.1 Å². The van der Waals surface area contributed by atoms with Gasteiger partial charge in [0.2, 0.25) is 0 Å². The van der Waals surface area contributed by atoms with Crippen LogP contribution in [-0.2, 0) is 0 Å². The lowest BCUT2D eigenvalue weighted by atomic mass is 9.91. The fourth-order valence-corrected chi connectivity index (χ4v) is 8.58. The second-order valence-corrected chi connectivity index (χ2v) is 14.5. The van der Waals surface area contributed by atoms with Crippen LogP contribution in [0.15, 0.2) is 217 Å². The molecule has 2 nitrogen and oxygen atoms in total. The van der Waals surface area contributed by atoms with Crippen LogP contribution in [0.1, 0.15) is 0 Å². The van der Waals surface area contributed by atoms with E-state index < -0.39 is 0 Å². The van der Waals surface area contributed by atoms with Gasteiger partial charge in [-0.2, -0.15) is 0 Å². The lowest BCUT2D eigenvalue weighted by molar-refractivity contribution is 0.674. The van der Waals surface area contributed by atoms with Crippen LogP contribution in [0.3, 0.4) is 0 Å². The number of hydrogen-bond donors (Lipinski definition) is 0. The molecule has 0 aliphatic heterocycles. The number of benzene rings is 10. The summed E-state index contributed by atoms with van der Waals surface area (Å²) in [5.74, 6) is 0. The van der Waals surface area contributed by atoms with Crippen molar-refractivity contribution in [2.24, 2.45) is 0 Å². The fourth-order valence-electron chi connectivity index (χ4n) is 8.58. The Bertz CT molecular complexity index is 3230. The van der Waals surface area contributed by atoms with Crippen molar-refractivity contribution in [2.75, 3.05) is 4.90 Å². The molecule has 0 radical (unpaired) electrons. The first kappa shape index (κ1) is 32.0. The standard InChI is InChI=1S/C54H35NO/c1-3-15-38(16-4-1)43-24-13-25-49-51-35-50(45-21-10-12-23-48(45)54(51)56-53(43)49)46-32-33-52(47-22-11-9-20-44(46)47)55(41-18-5-2-6-19-41)42-30-28-37(29-31-42)40-27-26-36-14-7-8-17-39(36)34-40/h1-35H. The lowest BCUT2D eigenvalue weighted by Gasteiger charge is -2.28. The maximum absolute atomic E-state index is 6.83. The molecule has 0 unspecified atom stereocenters. The monoisotopic (exact) mass is 713 g/mol. The molecule has 0 saturated heterocycles. The maximum Gasteiger partial charge on any atom is 0.143 e. The van der Waals surface area contributed by atoms with Gasteiger partial charge in [-0.25, -0.2) is 0 Å². The largest absolute Gasteiger partial charge is 0.455 e. The zero-order valence-corrected chi connectivity index (χ0v) is 30.6. The highest BCUT2D eigenvalue weighted by Crippen LogP contribution is 2.46. The van der Waals surface area contributed by atoms with E-state index in [0.29, 0.717) is 0 Å². The number of anilines is 3. The Morgan fingerprint density at radius 3 is 1.66 bits per heavy atom. The molecule has 0 amide bonds. The van der Waals surface area contributed by atoms with Crippen molar-refractivity contribution in [3.8, 4) is 33.4 Å². The SMILES string of the molecule is c1ccc(-c2cccc3c2oc2c4ccccc4c(-c4ccc(N(c5ccccc5)c5ccc(-c6ccc7ccccc7c6)cc5)c5ccccc45)cc32)cc1. The number of nitrogens with zero attached hydrogens (tertiary/aromatic N) is 1. The maximum atomic E-state index is 6.83. The van der Waals surface area contributed by atoms with E-state index in [1.54, 1.807) is 0 Å². The van der Waals surface area contributed by atoms with Crippen LogP contribution >= 0.6 is 0 Å². The molecule has 56 heavy (non-hydrogen) atoms. The number of furan rings is 1. The van der Waals surface area contributed by atoms with Crippen LogP contribution < -0.4 is 4.90 Å². The number of para-hydroxylation sites is 2. The van der Waals surface area contributed by atoms with Gasteiger partial charge in [-0.1, -0.05) is 170 Å². The molecule has 11 aromatic rings. The Kier molecular flexibility index (Phi) is 7.53. The third kappa shape index (κ3) is 5.26. The molecule has 1 aromatic heterocycles. The quantitative estimate of drug-likeness (QED) is 0.171.